The number of urea groups is 1. The van der Waals surface area contributed by atoms with E-state index in [2.05, 4.69) is 17.6 Å². The summed E-state index contributed by atoms with van der Waals surface area (Å²) in [7, 11) is 5.81. The fraction of sp³-hybridized carbons (Fsp3) is 0.652. The van der Waals surface area contributed by atoms with E-state index in [4.69, 9.17) is 9.47 Å². The van der Waals surface area contributed by atoms with Gasteiger partial charge in [0.1, 0.15) is 11.5 Å². The molecule has 8 nitrogen and oxygen atoms in total. The Labute approximate surface area is 186 Å². The fourth-order valence-corrected chi connectivity index (χ4v) is 3.10. The molecule has 1 atom stereocenters. The zero-order valence-electron chi connectivity index (χ0n) is 19.4. The molecule has 0 heterocycles. The molecule has 0 aliphatic rings. The Hall–Kier alpha value is -2.48. The number of nitrogens with zero attached hydrogens (tertiary/aromatic N) is 1. The SMILES string of the molecule is CCCCCCOc1cccc(OCCCNC(=O)NC(CC(=O)[O-])C[N+](C)(C)C)c1. The van der Waals surface area contributed by atoms with E-state index >= 15 is 0 Å². The van der Waals surface area contributed by atoms with Crippen molar-refractivity contribution in [2.75, 3.05) is 47.4 Å². The lowest BCUT2D eigenvalue weighted by Crippen LogP contribution is -2.53. The van der Waals surface area contributed by atoms with Gasteiger partial charge in [0.25, 0.3) is 0 Å². The van der Waals surface area contributed by atoms with Gasteiger partial charge in [0.2, 0.25) is 0 Å². The van der Waals surface area contributed by atoms with Crippen LogP contribution in [0.5, 0.6) is 11.5 Å². The van der Waals surface area contributed by atoms with Gasteiger partial charge in [0.15, 0.2) is 0 Å². The summed E-state index contributed by atoms with van der Waals surface area (Å²) >= 11 is 0. The number of nitrogens with one attached hydrogen (secondary N) is 2. The molecule has 31 heavy (non-hydrogen) atoms. The molecule has 0 bridgehead atoms. The number of quaternary nitrogens is 1. The van der Waals surface area contributed by atoms with Crippen molar-refractivity contribution in [1.29, 1.82) is 0 Å². The van der Waals surface area contributed by atoms with Crippen molar-refractivity contribution in [3.05, 3.63) is 24.3 Å². The minimum atomic E-state index is -1.18. The van der Waals surface area contributed by atoms with Crippen molar-refractivity contribution < 1.29 is 28.7 Å². The monoisotopic (exact) mass is 437 g/mol. The highest BCUT2D eigenvalue weighted by Crippen LogP contribution is 2.20. The van der Waals surface area contributed by atoms with Gasteiger partial charge in [-0.3, -0.25) is 0 Å². The Kier molecular flexibility index (Phi) is 12.4. The Balaban J connectivity index is 2.27. The summed E-state index contributed by atoms with van der Waals surface area (Å²) in [5, 5.41) is 16.4. The van der Waals surface area contributed by atoms with Crippen molar-refractivity contribution in [1.82, 2.24) is 10.6 Å². The summed E-state index contributed by atoms with van der Waals surface area (Å²) in [6, 6.07) is 6.67. The zero-order valence-corrected chi connectivity index (χ0v) is 19.4. The third-order valence-corrected chi connectivity index (χ3v) is 4.46. The van der Waals surface area contributed by atoms with Gasteiger partial charge in [0.05, 0.1) is 46.9 Å². The first-order valence-corrected chi connectivity index (χ1v) is 11.1. The molecule has 0 saturated carbocycles. The van der Waals surface area contributed by atoms with E-state index in [9.17, 15) is 14.7 Å². The van der Waals surface area contributed by atoms with Crippen molar-refractivity contribution in [2.45, 2.75) is 51.5 Å². The van der Waals surface area contributed by atoms with Gasteiger partial charge in [-0.15, -0.1) is 0 Å². The lowest BCUT2D eigenvalue weighted by atomic mass is 10.2. The Bertz CT molecular complexity index is 661. The van der Waals surface area contributed by atoms with E-state index < -0.39 is 18.0 Å². The van der Waals surface area contributed by atoms with E-state index in [0.29, 0.717) is 37.2 Å². The molecule has 0 aliphatic heterocycles. The molecule has 0 aliphatic carbocycles. The summed E-state index contributed by atoms with van der Waals surface area (Å²) in [6.45, 7) is 4.24. The highest BCUT2D eigenvalue weighted by atomic mass is 16.5. The molecule has 0 fully saturated rings. The number of benzene rings is 1. The number of hydrogen-bond acceptors (Lipinski definition) is 5. The second-order valence-electron chi connectivity index (χ2n) is 8.73. The Morgan fingerprint density at radius 2 is 1.68 bits per heavy atom. The largest absolute Gasteiger partial charge is 0.550 e. The Morgan fingerprint density at radius 1 is 1.03 bits per heavy atom. The number of carbonyl (C=O) groups is 2. The summed E-state index contributed by atoms with van der Waals surface area (Å²) in [6.07, 6.45) is 5.06. The molecule has 0 saturated heterocycles. The summed E-state index contributed by atoms with van der Waals surface area (Å²) in [4.78, 5) is 23.0. The Morgan fingerprint density at radius 3 is 2.26 bits per heavy atom. The summed E-state index contributed by atoms with van der Waals surface area (Å²) < 4.78 is 12.0. The van der Waals surface area contributed by atoms with Crippen LogP contribution in [0.25, 0.3) is 0 Å². The fourth-order valence-electron chi connectivity index (χ4n) is 3.10. The molecule has 1 aromatic carbocycles. The minimum Gasteiger partial charge on any atom is -0.550 e. The molecule has 8 heteroatoms. The van der Waals surface area contributed by atoms with Crippen LogP contribution >= 0.6 is 0 Å². The van der Waals surface area contributed by atoms with Gasteiger partial charge in [-0.25, -0.2) is 4.79 Å². The van der Waals surface area contributed by atoms with E-state index in [0.717, 1.165) is 17.9 Å². The first-order chi connectivity index (χ1) is 14.7. The quantitative estimate of drug-likeness (QED) is 0.304. The van der Waals surface area contributed by atoms with Gasteiger partial charge in [-0.05, 0) is 25.0 Å². The number of rotatable bonds is 16. The highest BCUT2D eigenvalue weighted by molar-refractivity contribution is 5.75. The standard InChI is InChI=1S/C23H39N3O5/c1-5-6-7-8-14-30-20-11-9-12-21(17-20)31-15-10-13-24-23(29)25-19(16-22(27)28)18-26(2,3)4/h9,11-12,17,19H,5-8,10,13-16,18H2,1-4H3,(H2-,24,25,27,28,29). The van der Waals surface area contributed by atoms with Crippen LogP contribution in [-0.4, -0.2) is 70.0 Å². The van der Waals surface area contributed by atoms with Crippen LogP contribution in [0.2, 0.25) is 0 Å². The number of carboxylic acid groups (broad SMARTS) is 1. The van der Waals surface area contributed by atoms with Crippen molar-refractivity contribution >= 4 is 12.0 Å². The maximum absolute atomic E-state index is 12.1. The normalized spacial score (nSPS) is 12.1. The molecule has 1 unspecified atom stereocenters. The topological polar surface area (TPSA) is 99.7 Å². The number of unbranched alkanes of at least 4 members (excludes halogenated alkanes) is 3. The van der Waals surface area contributed by atoms with Crippen molar-refractivity contribution in [3.8, 4) is 11.5 Å². The molecular formula is C23H39N3O5. The average Bonchev–Trinajstić information content (AvgIpc) is 2.66. The van der Waals surface area contributed by atoms with Crippen LogP contribution in [0.4, 0.5) is 4.79 Å². The first kappa shape index (κ1) is 26.6. The van der Waals surface area contributed by atoms with Crippen LogP contribution in [0.1, 0.15) is 45.4 Å². The number of aliphatic carboxylic acids is 1. The second-order valence-corrected chi connectivity index (χ2v) is 8.73. The molecule has 0 spiro atoms. The average molecular weight is 438 g/mol. The lowest BCUT2D eigenvalue weighted by molar-refractivity contribution is -0.871. The number of carbonyl (C=O) groups excluding carboxylic acids is 2. The second kappa shape index (κ2) is 14.5. The molecule has 0 aromatic heterocycles. The maximum Gasteiger partial charge on any atom is 0.315 e. The van der Waals surface area contributed by atoms with Gasteiger partial charge in [0, 0.05) is 25.0 Å². The first-order valence-electron chi connectivity index (χ1n) is 11.1. The summed E-state index contributed by atoms with van der Waals surface area (Å²) in [5.41, 5.74) is 0. The molecular weight excluding hydrogens is 398 g/mol. The number of ether oxygens (including phenoxy) is 2. The number of amides is 2. The smallest absolute Gasteiger partial charge is 0.315 e. The van der Waals surface area contributed by atoms with Gasteiger partial charge < -0.3 is 34.5 Å². The third kappa shape index (κ3) is 14.2. The van der Waals surface area contributed by atoms with Crippen molar-refractivity contribution in [3.63, 3.8) is 0 Å². The molecule has 1 aromatic rings. The van der Waals surface area contributed by atoms with Crippen LogP contribution in [0.3, 0.4) is 0 Å². The van der Waals surface area contributed by atoms with Crippen LogP contribution < -0.4 is 25.2 Å². The predicted octanol–water partition coefficient (Wildman–Crippen LogP) is 1.93. The highest BCUT2D eigenvalue weighted by Gasteiger charge is 2.20. The van der Waals surface area contributed by atoms with E-state index in [-0.39, 0.29) is 6.42 Å². The van der Waals surface area contributed by atoms with E-state index in [1.165, 1.54) is 19.3 Å². The maximum atomic E-state index is 12.1. The predicted molar refractivity (Wildman–Crippen MR) is 119 cm³/mol. The number of hydrogen-bond donors (Lipinski definition) is 2. The van der Waals surface area contributed by atoms with E-state index in [1.54, 1.807) is 0 Å². The molecule has 0 radical (unpaired) electrons. The number of carboxylic acids is 1. The van der Waals surface area contributed by atoms with Crippen LogP contribution in [0, 0.1) is 0 Å². The molecule has 176 valence electrons. The molecule has 2 amide bonds. The van der Waals surface area contributed by atoms with Gasteiger partial charge in [-0.1, -0.05) is 32.3 Å². The zero-order chi connectivity index (χ0) is 23.1. The van der Waals surface area contributed by atoms with Crippen molar-refractivity contribution in [2.24, 2.45) is 0 Å². The third-order valence-electron chi connectivity index (χ3n) is 4.46. The molecule has 2 N–H and O–H groups in total. The van der Waals surface area contributed by atoms with Crippen LogP contribution in [0.15, 0.2) is 24.3 Å². The van der Waals surface area contributed by atoms with Gasteiger partial charge >= 0.3 is 6.03 Å². The molecule has 1 rings (SSSR count). The minimum absolute atomic E-state index is 0.219. The summed E-state index contributed by atoms with van der Waals surface area (Å²) in [5.74, 6) is 0.342. The van der Waals surface area contributed by atoms with E-state index in [1.807, 2.05) is 45.4 Å². The lowest BCUT2D eigenvalue weighted by Gasteiger charge is -2.30. The van der Waals surface area contributed by atoms with Gasteiger partial charge in [-0.2, -0.15) is 0 Å². The van der Waals surface area contributed by atoms with Crippen LogP contribution in [-0.2, 0) is 4.79 Å². The number of likely N-dealkylation sites (N-methyl/N-ethyl adjacent to an activating group) is 1.